The van der Waals surface area contributed by atoms with Crippen molar-refractivity contribution in [2.24, 2.45) is 4.36 Å². The maximum Gasteiger partial charge on any atom is 0.442 e. The van der Waals surface area contributed by atoms with E-state index in [1.807, 2.05) is 24.4 Å². The number of nitrogens with zero attached hydrogens (tertiary/aromatic N) is 3. The second kappa shape index (κ2) is 11.2. The summed E-state index contributed by atoms with van der Waals surface area (Å²) in [5, 5.41) is 8.54. The molecule has 1 aromatic carbocycles. The lowest BCUT2D eigenvalue weighted by Crippen LogP contribution is -2.22. The minimum Gasteiger partial charge on any atom is -0.448 e. The van der Waals surface area contributed by atoms with Gasteiger partial charge in [0, 0.05) is 41.1 Å². The molecule has 1 amide bonds. The summed E-state index contributed by atoms with van der Waals surface area (Å²) in [5.74, 6) is 1.10. The molecule has 1 unspecified atom stereocenters. The number of ether oxygens (including phenoxy) is 2. The first kappa shape index (κ1) is 24.6. The number of methoxy groups -OCH3 is 1. The second-order valence-electron chi connectivity index (χ2n) is 7.18. The fourth-order valence-corrected chi connectivity index (χ4v) is 4.77. The van der Waals surface area contributed by atoms with Gasteiger partial charge >= 0.3 is 6.09 Å². The summed E-state index contributed by atoms with van der Waals surface area (Å²) < 4.78 is 26.4. The lowest BCUT2D eigenvalue weighted by Gasteiger charge is -2.17. The number of anilines is 3. The van der Waals surface area contributed by atoms with Crippen molar-refractivity contribution in [2.45, 2.75) is 24.8 Å². The van der Waals surface area contributed by atoms with E-state index in [0.717, 1.165) is 10.4 Å². The summed E-state index contributed by atoms with van der Waals surface area (Å²) in [4.78, 5) is 22.2. The molecule has 0 saturated heterocycles. The van der Waals surface area contributed by atoms with Gasteiger partial charge in [0.15, 0.2) is 0 Å². The molecule has 0 spiro atoms. The Morgan fingerprint density at radius 1 is 1.27 bits per heavy atom. The fraction of sp³-hybridized carbons (Fsp3) is 0.318. The molecule has 176 valence electrons. The molecule has 3 rings (SSSR count). The van der Waals surface area contributed by atoms with Crippen LogP contribution in [0.2, 0.25) is 0 Å². The number of benzene rings is 1. The average molecular weight is 490 g/mol. The van der Waals surface area contributed by atoms with Crippen LogP contribution in [-0.2, 0) is 19.2 Å². The number of carbonyl (C=O) groups excluding carboxylic acids is 1. The number of aromatic nitrogens is 2. The fourth-order valence-electron chi connectivity index (χ4n) is 2.95. The zero-order chi connectivity index (χ0) is 23.8. The predicted molar refractivity (Wildman–Crippen MR) is 132 cm³/mol. The van der Waals surface area contributed by atoms with E-state index in [2.05, 4.69) is 25.0 Å². The van der Waals surface area contributed by atoms with E-state index >= 15 is 0 Å². The molecule has 0 bridgehead atoms. The number of carbonyl (C=O) groups is 1. The van der Waals surface area contributed by atoms with Crippen LogP contribution in [0.4, 0.5) is 22.2 Å². The SMILES string of the molecule is CCOC(=O)N=[S@@](C)(=O)c1ccc(Nc2ncc(-c3cccs3)c(NC(C)COC)n2)cc1. The third-order valence-electron chi connectivity index (χ3n) is 4.44. The Kier molecular flexibility index (Phi) is 8.37. The Morgan fingerprint density at radius 3 is 2.67 bits per heavy atom. The molecule has 3 aromatic rings. The van der Waals surface area contributed by atoms with Gasteiger partial charge in [-0.3, -0.25) is 0 Å². The average Bonchev–Trinajstić information content (AvgIpc) is 3.29. The van der Waals surface area contributed by atoms with Crippen molar-refractivity contribution in [1.29, 1.82) is 0 Å². The van der Waals surface area contributed by atoms with Crippen LogP contribution in [0, 0.1) is 0 Å². The number of nitrogens with one attached hydrogen (secondary N) is 2. The van der Waals surface area contributed by atoms with Gasteiger partial charge in [-0.1, -0.05) is 6.07 Å². The maximum atomic E-state index is 12.8. The molecule has 2 aromatic heterocycles. The number of thiophene rings is 1. The van der Waals surface area contributed by atoms with Crippen molar-refractivity contribution >= 4 is 44.6 Å². The first-order valence-corrected chi connectivity index (χ1v) is 13.0. The summed E-state index contributed by atoms with van der Waals surface area (Å²) >= 11 is 1.61. The van der Waals surface area contributed by atoms with Gasteiger partial charge in [0.05, 0.1) is 28.5 Å². The lowest BCUT2D eigenvalue weighted by molar-refractivity contribution is 0.164. The van der Waals surface area contributed by atoms with Gasteiger partial charge in [-0.25, -0.2) is 14.0 Å². The van der Waals surface area contributed by atoms with E-state index in [4.69, 9.17) is 9.47 Å². The first-order valence-electron chi connectivity index (χ1n) is 10.2. The number of rotatable bonds is 9. The largest absolute Gasteiger partial charge is 0.448 e. The topological polar surface area (TPSA) is 115 Å². The van der Waals surface area contributed by atoms with Gasteiger partial charge in [-0.15, -0.1) is 15.7 Å². The Bertz CT molecular complexity index is 1190. The predicted octanol–water partition coefficient (Wildman–Crippen LogP) is 5.01. The highest BCUT2D eigenvalue weighted by Gasteiger charge is 2.14. The molecule has 0 radical (unpaired) electrons. The Morgan fingerprint density at radius 2 is 2.03 bits per heavy atom. The molecule has 0 saturated carbocycles. The summed E-state index contributed by atoms with van der Waals surface area (Å²) in [6.45, 7) is 4.39. The monoisotopic (exact) mass is 489 g/mol. The first-order chi connectivity index (χ1) is 15.8. The minimum absolute atomic E-state index is 0.0524. The summed E-state index contributed by atoms with van der Waals surface area (Å²) in [6.07, 6.45) is 2.33. The second-order valence-corrected chi connectivity index (χ2v) is 10.4. The van der Waals surface area contributed by atoms with Gasteiger partial charge in [0.25, 0.3) is 0 Å². The highest BCUT2D eigenvalue weighted by Crippen LogP contribution is 2.31. The third kappa shape index (κ3) is 6.73. The number of hydrogen-bond acceptors (Lipinski definition) is 9. The van der Waals surface area contributed by atoms with Crippen LogP contribution in [0.1, 0.15) is 13.8 Å². The van der Waals surface area contributed by atoms with Gasteiger partial charge in [0.1, 0.15) is 5.82 Å². The van der Waals surface area contributed by atoms with Crippen molar-refractivity contribution in [3.8, 4) is 10.4 Å². The van der Waals surface area contributed by atoms with Crippen LogP contribution in [0.3, 0.4) is 0 Å². The van der Waals surface area contributed by atoms with Crippen LogP contribution in [0.15, 0.2) is 57.2 Å². The van der Waals surface area contributed by atoms with Gasteiger partial charge in [-0.05, 0) is 49.6 Å². The summed E-state index contributed by atoms with van der Waals surface area (Å²) in [5.41, 5.74) is 1.60. The highest BCUT2D eigenvalue weighted by molar-refractivity contribution is 7.93. The highest BCUT2D eigenvalue weighted by atomic mass is 32.2. The zero-order valence-corrected chi connectivity index (χ0v) is 20.5. The molecular formula is C22H27N5O4S2. The zero-order valence-electron chi connectivity index (χ0n) is 18.9. The van der Waals surface area contributed by atoms with Crippen LogP contribution in [-0.4, -0.2) is 52.9 Å². The van der Waals surface area contributed by atoms with Crippen molar-refractivity contribution in [3.63, 3.8) is 0 Å². The normalized spacial score (nSPS) is 13.6. The van der Waals surface area contributed by atoms with Crippen LogP contribution < -0.4 is 10.6 Å². The summed E-state index contributed by atoms with van der Waals surface area (Å²) in [7, 11) is -1.25. The Labute approximate surface area is 197 Å². The van der Waals surface area contributed by atoms with E-state index < -0.39 is 15.8 Å². The molecule has 0 aliphatic rings. The molecule has 2 heterocycles. The van der Waals surface area contributed by atoms with Crippen molar-refractivity contribution in [3.05, 3.63) is 48.0 Å². The Balaban J connectivity index is 1.83. The van der Waals surface area contributed by atoms with E-state index in [1.54, 1.807) is 55.8 Å². The van der Waals surface area contributed by atoms with E-state index in [9.17, 15) is 9.00 Å². The molecule has 2 atom stereocenters. The van der Waals surface area contributed by atoms with Gasteiger partial charge in [0.2, 0.25) is 5.95 Å². The standard InChI is InChI=1S/C22H27N5O4S2/c1-5-31-22(28)27-33(4,29)17-10-8-16(9-11-17)25-21-23-13-18(19-7-6-12-32-19)20(26-21)24-15(2)14-30-3/h6-13,15H,5,14H2,1-4H3,(H2,23,24,25,26)/t15?,33-/m0/s1. The Hall–Kier alpha value is -3.02. The van der Waals surface area contributed by atoms with E-state index in [1.165, 1.54) is 6.26 Å². The van der Waals surface area contributed by atoms with E-state index in [-0.39, 0.29) is 12.6 Å². The molecular weight excluding hydrogens is 462 g/mol. The van der Waals surface area contributed by atoms with Crippen LogP contribution in [0.5, 0.6) is 0 Å². The third-order valence-corrected chi connectivity index (χ3v) is 6.99. The van der Waals surface area contributed by atoms with Crippen molar-refractivity contribution in [2.75, 3.05) is 37.2 Å². The smallest absolute Gasteiger partial charge is 0.442 e. The number of hydrogen-bond donors (Lipinski definition) is 2. The summed E-state index contributed by atoms with van der Waals surface area (Å²) in [6, 6.07) is 10.8. The molecule has 0 aliphatic carbocycles. The molecule has 0 aliphatic heterocycles. The van der Waals surface area contributed by atoms with Gasteiger partial charge in [-0.2, -0.15) is 4.98 Å². The molecule has 9 nitrogen and oxygen atoms in total. The molecule has 2 N–H and O–H groups in total. The minimum atomic E-state index is -2.91. The van der Waals surface area contributed by atoms with Gasteiger partial charge < -0.3 is 20.1 Å². The molecule has 0 fully saturated rings. The van der Waals surface area contributed by atoms with Crippen molar-refractivity contribution in [1.82, 2.24) is 9.97 Å². The maximum absolute atomic E-state index is 12.8. The molecule has 33 heavy (non-hydrogen) atoms. The van der Waals surface area contributed by atoms with Crippen LogP contribution >= 0.6 is 11.3 Å². The van der Waals surface area contributed by atoms with Crippen LogP contribution in [0.25, 0.3) is 10.4 Å². The van der Waals surface area contributed by atoms with E-state index in [0.29, 0.717) is 29.0 Å². The molecule has 11 heteroatoms. The lowest BCUT2D eigenvalue weighted by atomic mass is 10.2. The van der Waals surface area contributed by atoms with Crippen molar-refractivity contribution < 1.29 is 18.5 Å². The quantitative estimate of drug-likeness (QED) is 0.431. The number of amides is 1.